The van der Waals surface area contributed by atoms with Crippen LogP contribution in [-0.4, -0.2) is 34.8 Å². The minimum absolute atomic E-state index is 0.0429. The maximum Gasteiger partial charge on any atom is 0.234 e. The first-order valence-corrected chi connectivity index (χ1v) is 15.4. The number of anilines is 2. The van der Waals surface area contributed by atoms with Gasteiger partial charge >= 0.3 is 0 Å². The first-order valence-electron chi connectivity index (χ1n) is 12.8. The van der Waals surface area contributed by atoms with Gasteiger partial charge in [0.2, 0.25) is 11.0 Å². The van der Waals surface area contributed by atoms with E-state index >= 15 is 0 Å². The van der Waals surface area contributed by atoms with Gasteiger partial charge in [-0.05, 0) is 47.7 Å². The highest BCUT2D eigenvalue weighted by Crippen LogP contribution is 2.50. The zero-order valence-electron chi connectivity index (χ0n) is 22.9. The van der Waals surface area contributed by atoms with Crippen molar-refractivity contribution in [1.29, 1.82) is 5.26 Å². The standard InChI is InChI=1S/C29H26Cl2N6O3S2/c1-29(2)11-20-25(21(38)12-29)24(15-4-6-16(30)7-5-15)18(13-32)26(33)37(20)27-35-36-28(42-27)41-14-23(39)34-19-10-17(31)8-9-22(19)40-3/h4-10,24H,11-12,14,33H2,1-3H3,(H,34,39). The molecule has 13 heteroatoms. The molecule has 216 valence electrons. The molecule has 0 spiro atoms. The van der Waals surface area contributed by atoms with Gasteiger partial charge in [0.1, 0.15) is 11.6 Å². The number of aromatic nitrogens is 2. The summed E-state index contributed by atoms with van der Waals surface area (Å²) in [7, 11) is 1.51. The molecule has 2 aliphatic rings. The second kappa shape index (κ2) is 12.0. The highest BCUT2D eigenvalue weighted by atomic mass is 35.5. The van der Waals surface area contributed by atoms with E-state index in [1.165, 1.54) is 30.2 Å². The van der Waals surface area contributed by atoms with Crippen molar-refractivity contribution < 1.29 is 14.3 Å². The Morgan fingerprint density at radius 3 is 2.62 bits per heavy atom. The SMILES string of the molecule is COc1ccc(Cl)cc1NC(=O)CSc1nnc(N2C(N)=C(C#N)C(c3ccc(Cl)cc3)C3=C2CC(C)(C)CC3=O)s1. The Labute approximate surface area is 261 Å². The Morgan fingerprint density at radius 2 is 1.93 bits per heavy atom. The Hall–Kier alpha value is -3.56. The molecule has 2 heterocycles. The van der Waals surface area contributed by atoms with Crippen LogP contribution in [0.5, 0.6) is 5.75 Å². The number of allylic oxidation sites excluding steroid dienone is 3. The Morgan fingerprint density at radius 1 is 1.21 bits per heavy atom. The molecule has 3 N–H and O–H groups in total. The fourth-order valence-electron chi connectivity index (χ4n) is 5.16. The second-order valence-electron chi connectivity index (χ2n) is 10.6. The summed E-state index contributed by atoms with van der Waals surface area (Å²) in [4.78, 5) is 28.0. The van der Waals surface area contributed by atoms with E-state index in [1.807, 2.05) is 26.0 Å². The Balaban J connectivity index is 1.45. The predicted molar refractivity (Wildman–Crippen MR) is 166 cm³/mol. The van der Waals surface area contributed by atoms with Crippen LogP contribution in [0.25, 0.3) is 0 Å². The molecule has 1 aliphatic heterocycles. The van der Waals surface area contributed by atoms with Crippen molar-refractivity contribution in [3.63, 3.8) is 0 Å². The predicted octanol–water partition coefficient (Wildman–Crippen LogP) is 6.53. The van der Waals surface area contributed by atoms with Crippen LogP contribution < -0.4 is 20.7 Å². The number of nitriles is 1. The van der Waals surface area contributed by atoms with Gasteiger partial charge in [-0.2, -0.15) is 5.26 Å². The third-order valence-corrected chi connectivity index (χ3v) is 9.46. The highest BCUT2D eigenvalue weighted by molar-refractivity contribution is 8.01. The number of benzene rings is 2. The molecule has 1 amide bonds. The third-order valence-electron chi connectivity index (χ3n) is 6.93. The van der Waals surface area contributed by atoms with Crippen molar-refractivity contribution in [2.75, 3.05) is 23.1 Å². The lowest BCUT2D eigenvalue weighted by Crippen LogP contribution is -2.42. The van der Waals surface area contributed by atoms with Gasteiger partial charge in [-0.1, -0.05) is 72.3 Å². The Bertz CT molecular complexity index is 1680. The molecule has 1 aliphatic carbocycles. The van der Waals surface area contributed by atoms with Crippen molar-refractivity contribution >= 4 is 68.8 Å². The number of ether oxygens (including phenoxy) is 1. The molecule has 1 aromatic heterocycles. The fourth-order valence-corrected chi connectivity index (χ4v) is 7.14. The van der Waals surface area contributed by atoms with Crippen LogP contribution in [0.3, 0.4) is 0 Å². The minimum atomic E-state index is -0.615. The number of methoxy groups -OCH3 is 1. The van der Waals surface area contributed by atoms with Crippen molar-refractivity contribution in [1.82, 2.24) is 10.2 Å². The molecule has 3 aromatic rings. The number of nitrogens with zero attached hydrogens (tertiary/aromatic N) is 4. The molecule has 0 radical (unpaired) electrons. The third kappa shape index (κ3) is 5.99. The van der Waals surface area contributed by atoms with E-state index in [4.69, 9.17) is 33.7 Å². The second-order valence-corrected chi connectivity index (χ2v) is 13.6. The lowest BCUT2D eigenvalue weighted by molar-refractivity contribution is -0.118. The van der Waals surface area contributed by atoms with Gasteiger partial charge in [0.25, 0.3) is 0 Å². The molecule has 42 heavy (non-hydrogen) atoms. The topological polar surface area (TPSA) is 134 Å². The molecule has 1 unspecified atom stereocenters. The van der Waals surface area contributed by atoms with Gasteiger partial charge < -0.3 is 15.8 Å². The van der Waals surface area contributed by atoms with Gasteiger partial charge in [0.15, 0.2) is 10.1 Å². The number of thioether (sulfide) groups is 1. The van der Waals surface area contributed by atoms with E-state index in [9.17, 15) is 14.9 Å². The molecular formula is C29H26Cl2N6O3S2. The number of halogens is 2. The lowest BCUT2D eigenvalue weighted by Gasteiger charge is -2.42. The normalized spacial score (nSPS) is 18.0. The molecule has 2 aromatic carbocycles. The van der Waals surface area contributed by atoms with Gasteiger partial charge in [-0.25, -0.2) is 0 Å². The summed E-state index contributed by atoms with van der Waals surface area (Å²) in [6, 6.07) is 14.3. The number of nitrogens with two attached hydrogens (primary N) is 1. The number of Topliss-reactive ketones (excluding diaryl/α,β-unsaturated/α-hetero) is 1. The zero-order chi connectivity index (χ0) is 30.2. The average molecular weight is 642 g/mol. The van der Waals surface area contributed by atoms with Crippen LogP contribution in [0.4, 0.5) is 10.8 Å². The van der Waals surface area contributed by atoms with Crippen molar-refractivity contribution in [2.45, 2.75) is 36.9 Å². The lowest BCUT2D eigenvalue weighted by atomic mass is 9.69. The molecule has 9 nitrogen and oxygen atoms in total. The summed E-state index contributed by atoms with van der Waals surface area (Å²) in [5.74, 6) is -0.202. The van der Waals surface area contributed by atoms with Crippen LogP contribution in [0, 0.1) is 16.7 Å². The molecule has 1 atom stereocenters. The van der Waals surface area contributed by atoms with Gasteiger partial charge in [0.05, 0.1) is 36.1 Å². The molecule has 5 rings (SSSR count). The molecule has 0 saturated heterocycles. The first kappa shape index (κ1) is 29.9. The van der Waals surface area contributed by atoms with Crippen molar-refractivity contribution in [3.05, 3.63) is 80.7 Å². The van der Waals surface area contributed by atoms with E-state index in [1.54, 1.807) is 35.2 Å². The molecule has 0 fully saturated rings. The van der Waals surface area contributed by atoms with Crippen LogP contribution >= 0.6 is 46.3 Å². The van der Waals surface area contributed by atoms with E-state index in [-0.39, 0.29) is 34.3 Å². The summed E-state index contributed by atoms with van der Waals surface area (Å²) in [5.41, 5.74) is 9.05. The van der Waals surface area contributed by atoms with Crippen molar-refractivity contribution in [2.24, 2.45) is 11.1 Å². The maximum absolute atomic E-state index is 13.7. The van der Waals surface area contributed by atoms with E-state index < -0.39 is 5.92 Å². The van der Waals surface area contributed by atoms with Crippen LogP contribution in [-0.2, 0) is 9.59 Å². The molecule has 0 saturated carbocycles. The van der Waals surface area contributed by atoms with Crippen LogP contribution in [0.2, 0.25) is 10.0 Å². The highest BCUT2D eigenvalue weighted by Gasteiger charge is 2.45. The molecule has 0 bridgehead atoms. The number of nitrogens with one attached hydrogen (secondary N) is 1. The van der Waals surface area contributed by atoms with Crippen LogP contribution in [0.1, 0.15) is 38.2 Å². The number of carbonyl (C=O) groups excluding carboxylic acids is 2. The van der Waals surface area contributed by atoms with E-state index in [0.29, 0.717) is 55.1 Å². The van der Waals surface area contributed by atoms with E-state index in [2.05, 4.69) is 21.6 Å². The number of rotatable bonds is 7. The number of hydrogen-bond donors (Lipinski definition) is 2. The number of hydrogen-bond acceptors (Lipinski definition) is 10. The van der Waals surface area contributed by atoms with Gasteiger partial charge in [-0.3, -0.25) is 14.5 Å². The van der Waals surface area contributed by atoms with E-state index in [0.717, 1.165) is 5.56 Å². The monoisotopic (exact) mass is 640 g/mol. The smallest absolute Gasteiger partial charge is 0.234 e. The van der Waals surface area contributed by atoms with Gasteiger partial charge in [-0.15, -0.1) is 10.2 Å². The van der Waals surface area contributed by atoms with Gasteiger partial charge in [0, 0.05) is 27.7 Å². The first-order chi connectivity index (χ1) is 20.0. The molecular weight excluding hydrogens is 615 g/mol. The summed E-state index contributed by atoms with van der Waals surface area (Å²) in [6.07, 6.45) is 0.885. The summed E-state index contributed by atoms with van der Waals surface area (Å²) in [5, 5.41) is 23.1. The van der Waals surface area contributed by atoms with Crippen molar-refractivity contribution in [3.8, 4) is 11.8 Å². The largest absolute Gasteiger partial charge is 0.495 e. The number of ketones is 1. The summed E-state index contributed by atoms with van der Waals surface area (Å²) >= 11 is 14.6. The summed E-state index contributed by atoms with van der Waals surface area (Å²) < 4.78 is 5.81. The maximum atomic E-state index is 13.7. The average Bonchev–Trinajstić information content (AvgIpc) is 3.40. The summed E-state index contributed by atoms with van der Waals surface area (Å²) in [6.45, 7) is 4.05. The minimum Gasteiger partial charge on any atom is -0.495 e. The quantitative estimate of drug-likeness (QED) is 0.276. The van der Waals surface area contributed by atoms with Crippen LogP contribution in [0.15, 0.2) is 69.5 Å². The number of carbonyl (C=O) groups is 2. The fraction of sp³-hybridized carbons (Fsp3) is 0.276. The zero-order valence-corrected chi connectivity index (χ0v) is 26.0. The number of amides is 1. The Kier molecular flexibility index (Phi) is 8.53.